The molecule has 2 aromatic carbocycles. The van der Waals surface area contributed by atoms with Crippen molar-refractivity contribution < 1.29 is 0 Å². The molecule has 0 saturated heterocycles. The minimum atomic E-state index is 0.266. The van der Waals surface area contributed by atoms with Gasteiger partial charge in [0.25, 0.3) is 0 Å². The van der Waals surface area contributed by atoms with Crippen LogP contribution in [0.5, 0.6) is 0 Å². The molecule has 0 aliphatic heterocycles. The van der Waals surface area contributed by atoms with Gasteiger partial charge in [-0.25, -0.2) is 4.68 Å². The Morgan fingerprint density at radius 3 is 2.38 bits per heavy atom. The predicted octanol–water partition coefficient (Wildman–Crippen LogP) is 3.72. The van der Waals surface area contributed by atoms with Gasteiger partial charge in [0, 0.05) is 24.3 Å². The van der Waals surface area contributed by atoms with Crippen molar-refractivity contribution in [2.75, 3.05) is 0 Å². The van der Waals surface area contributed by atoms with E-state index in [-0.39, 0.29) is 6.04 Å². The Hall–Kier alpha value is -2.39. The molecule has 3 aromatic rings. The SMILES string of the molecule is CC(NCc1ccccc1)c1cnn(-c2ccccc2)c1. The molecule has 106 valence electrons. The molecule has 0 aliphatic rings. The van der Waals surface area contributed by atoms with Gasteiger partial charge >= 0.3 is 0 Å². The molecule has 1 atom stereocenters. The van der Waals surface area contributed by atoms with E-state index in [1.165, 1.54) is 11.1 Å². The Morgan fingerprint density at radius 2 is 1.67 bits per heavy atom. The Labute approximate surface area is 125 Å². The minimum Gasteiger partial charge on any atom is -0.306 e. The summed E-state index contributed by atoms with van der Waals surface area (Å²) >= 11 is 0. The van der Waals surface area contributed by atoms with Gasteiger partial charge in [0.2, 0.25) is 0 Å². The van der Waals surface area contributed by atoms with Crippen molar-refractivity contribution in [2.24, 2.45) is 0 Å². The second kappa shape index (κ2) is 6.37. The van der Waals surface area contributed by atoms with E-state index in [1.807, 2.05) is 35.1 Å². The Kier molecular flexibility index (Phi) is 4.12. The van der Waals surface area contributed by atoms with Crippen LogP contribution in [0.15, 0.2) is 73.1 Å². The van der Waals surface area contributed by atoms with E-state index in [2.05, 4.69) is 59.9 Å². The topological polar surface area (TPSA) is 29.9 Å². The molecular formula is C18H19N3. The van der Waals surface area contributed by atoms with Gasteiger partial charge in [0.15, 0.2) is 0 Å². The number of benzene rings is 2. The molecule has 0 bridgehead atoms. The van der Waals surface area contributed by atoms with Crippen molar-refractivity contribution in [1.82, 2.24) is 15.1 Å². The summed E-state index contributed by atoms with van der Waals surface area (Å²) in [6.45, 7) is 3.02. The first-order valence-corrected chi connectivity index (χ1v) is 7.20. The van der Waals surface area contributed by atoms with Gasteiger partial charge in [0.1, 0.15) is 0 Å². The summed E-state index contributed by atoms with van der Waals surface area (Å²) in [6, 6.07) is 20.9. The van der Waals surface area contributed by atoms with E-state index >= 15 is 0 Å². The monoisotopic (exact) mass is 277 g/mol. The van der Waals surface area contributed by atoms with Gasteiger partial charge in [-0.15, -0.1) is 0 Å². The van der Waals surface area contributed by atoms with E-state index < -0.39 is 0 Å². The number of hydrogen-bond donors (Lipinski definition) is 1. The van der Waals surface area contributed by atoms with Crippen LogP contribution in [-0.2, 0) is 6.54 Å². The van der Waals surface area contributed by atoms with Gasteiger partial charge in [-0.05, 0) is 24.6 Å². The van der Waals surface area contributed by atoms with Crippen molar-refractivity contribution in [2.45, 2.75) is 19.5 Å². The highest BCUT2D eigenvalue weighted by molar-refractivity contribution is 5.31. The van der Waals surface area contributed by atoms with Crippen LogP contribution in [0.3, 0.4) is 0 Å². The normalized spacial score (nSPS) is 12.2. The molecule has 3 nitrogen and oxygen atoms in total. The van der Waals surface area contributed by atoms with E-state index in [0.717, 1.165) is 12.2 Å². The highest BCUT2D eigenvalue weighted by Crippen LogP contribution is 2.15. The molecule has 3 heteroatoms. The number of nitrogens with zero attached hydrogens (tertiary/aromatic N) is 2. The summed E-state index contributed by atoms with van der Waals surface area (Å²) in [6.07, 6.45) is 4.01. The number of para-hydroxylation sites is 1. The third-order valence-corrected chi connectivity index (χ3v) is 3.58. The first-order valence-electron chi connectivity index (χ1n) is 7.20. The Morgan fingerprint density at radius 1 is 1.00 bits per heavy atom. The van der Waals surface area contributed by atoms with Crippen LogP contribution >= 0.6 is 0 Å². The maximum atomic E-state index is 4.44. The summed E-state index contributed by atoms with van der Waals surface area (Å²) in [7, 11) is 0. The van der Waals surface area contributed by atoms with Crippen LogP contribution in [0, 0.1) is 0 Å². The van der Waals surface area contributed by atoms with Crippen molar-refractivity contribution in [3.05, 3.63) is 84.2 Å². The number of aromatic nitrogens is 2. The first kappa shape index (κ1) is 13.6. The highest BCUT2D eigenvalue weighted by atomic mass is 15.3. The molecule has 1 heterocycles. The molecule has 1 aromatic heterocycles. The molecule has 0 amide bonds. The highest BCUT2D eigenvalue weighted by Gasteiger charge is 2.08. The van der Waals surface area contributed by atoms with E-state index in [1.54, 1.807) is 0 Å². The quantitative estimate of drug-likeness (QED) is 0.770. The lowest BCUT2D eigenvalue weighted by Crippen LogP contribution is -2.17. The fraction of sp³-hybridized carbons (Fsp3) is 0.167. The van der Waals surface area contributed by atoms with Gasteiger partial charge in [0.05, 0.1) is 11.9 Å². The molecule has 0 radical (unpaired) electrons. The molecule has 0 fully saturated rings. The number of nitrogens with one attached hydrogen (secondary N) is 1. The third-order valence-electron chi connectivity index (χ3n) is 3.58. The third kappa shape index (κ3) is 3.38. The van der Waals surface area contributed by atoms with Crippen molar-refractivity contribution in [3.8, 4) is 5.69 Å². The molecule has 0 spiro atoms. The second-order valence-corrected chi connectivity index (χ2v) is 5.14. The maximum absolute atomic E-state index is 4.44. The second-order valence-electron chi connectivity index (χ2n) is 5.14. The van der Waals surface area contributed by atoms with Crippen LogP contribution < -0.4 is 5.32 Å². The zero-order valence-electron chi connectivity index (χ0n) is 12.1. The molecule has 0 aliphatic carbocycles. The van der Waals surface area contributed by atoms with Crippen LogP contribution in [0.4, 0.5) is 0 Å². The van der Waals surface area contributed by atoms with Gasteiger partial charge in [-0.1, -0.05) is 48.5 Å². The molecule has 21 heavy (non-hydrogen) atoms. The van der Waals surface area contributed by atoms with Crippen LogP contribution in [0.25, 0.3) is 5.69 Å². The zero-order chi connectivity index (χ0) is 14.5. The Bertz CT molecular complexity index is 674. The van der Waals surface area contributed by atoms with Crippen LogP contribution in [-0.4, -0.2) is 9.78 Å². The van der Waals surface area contributed by atoms with Crippen molar-refractivity contribution >= 4 is 0 Å². The van der Waals surface area contributed by atoms with Crippen molar-refractivity contribution in [3.63, 3.8) is 0 Å². The Balaban J connectivity index is 1.66. The predicted molar refractivity (Wildman–Crippen MR) is 85.3 cm³/mol. The summed E-state index contributed by atoms with van der Waals surface area (Å²) in [5.74, 6) is 0. The molecule has 1 N–H and O–H groups in total. The van der Waals surface area contributed by atoms with Gasteiger partial charge in [-0.3, -0.25) is 0 Å². The van der Waals surface area contributed by atoms with Crippen LogP contribution in [0.2, 0.25) is 0 Å². The number of hydrogen-bond acceptors (Lipinski definition) is 2. The molecule has 3 rings (SSSR count). The van der Waals surface area contributed by atoms with Gasteiger partial charge in [-0.2, -0.15) is 5.10 Å². The fourth-order valence-electron chi connectivity index (χ4n) is 2.27. The lowest BCUT2D eigenvalue weighted by atomic mass is 10.1. The average Bonchev–Trinajstić information content (AvgIpc) is 3.04. The van der Waals surface area contributed by atoms with E-state index in [4.69, 9.17) is 0 Å². The zero-order valence-corrected chi connectivity index (χ0v) is 12.1. The van der Waals surface area contributed by atoms with Gasteiger partial charge < -0.3 is 5.32 Å². The van der Waals surface area contributed by atoms with E-state index in [0.29, 0.717) is 0 Å². The number of rotatable bonds is 5. The minimum absolute atomic E-state index is 0.266. The molecular weight excluding hydrogens is 258 g/mol. The average molecular weight is 277 g/mol. The van der Waals surface area contributed by atoms with Crippen molar-refractivity contribution in [1.29, 1.82) is 0 Å². The largest absolute Gasteiger partial charge is 0.306 e. The summed E-state index contributed by atoms with van der Waals surface area (Å²) < 4.78 is 1.91. The molecule has 1 unspecified atom stereocenters. The molecule has 0 saturated carbocycles. The first-order chi connectivity index (χ1) is 10.3. The maximum Gasteiger partial charge on any atom is 0.0645 e. The fourth-order valence-corrected chi connectivity index (χ4v) is 2.27. The lowest BCUT2D eigenvalue weighted by molar-refractivity contribution is 0.574. The lowest BCUT2D eigenvalue weighted by Gasteiger charge is -2.11. The summed E-state index contributed by atoms with van der Waals surface area (Å²) in [4.78, 5) is 0. The van der Waals surface area contributed by atoms with E-state index in [9.17, 15) is 0 Å². The van der Waals surface area contributed by atoms with Crippen LogP contribution in [0.1, 0.15) is 24.1 Å². The standard InChI is InChI=1S/C18H19N3/c1-15(19-12-16-8-4-2-5-9-16)17-13-20-21(14-17)18-10-6-3-7-11-18/h2-11,13-15,19H,12H2,1H3. The smallest absolute Gasteiger partial charge is 0.0645 e. The summed E-state index contributed by atoms with van der Waals surface area (Å²) in [5, 5.41) is 7.97. The summed E-state index contributed by atoms with van der Waals surface area (Å²) in [5.41, 5.74) is 3.56.